The van der Waals surface area contributed by atoms with Gasteiger partial charge in [0.1, 0.15) is 10.7 Å². The standard InChI is InChI=1S/C11H14ClFN2O3S.ClH/c12-8-1-2-10(13)11(5-8)19(16,17)15-3-4-18-9(6-14)7-15;/h1-2,5,9H,3-4,6-7,14H2;1H. The average Bonchev–Trinajstić information content (AvgIpc) is 2.41. The largest absolute Gasteiger partial charge is 0.374 e. The summed E-state index contributed by atoms with van der Waals surface area (Å²) in [4.78, 5) is -0.419. The molecule has 0 spiro atoms. The first kappa shape index (κ1) is 17.6. The number of hydrogen-bond acceptors (Lipinski definition) is 4. The van der Waals surface area contributed by atoms with Gasteiger partial charge in [-0.25, -0.2) is 12.8 Å². The van der Waals surface area contributed by atoms with Crippen LogP contribution in [0.25, 0.3) is 0 Å². The van der Waals surface area contributed by atoms with Gasteiger partial charge in [0.05, 0.1) is 12.7 Å². The SMILES string of the molecule is Cl.NCC1CN(S(=O)(=O)c2cc(Cl)ccc2F)CCO1. The molecule has 1 saturated heterocycles. The molecule has 1 aromatic rings. The predicted molar refractivity (Wildman–Crippen MR) is 76.2 cm³/mol. The van der Waals surface area contributed by atoms with Gasteiger partial charge in [-0.15, -0.1) is 12.4 Å². The number of ether oxygens (including phenoxy) is 1. The number of hydrogen-bond donors (Lipinski definition) is 1. The highest BCUT2D eigenvalue weighted by atomic mass is 35.5. The van der Waals surface area contributed by atoms with Crippen LogP contribution >= 0.6 is 24.0 Å². The van der Waals surface area contributed by atoms with E-state index in [0.717, 1.165) is 12.1 Å². The van der Waals surface area contributed by atoms with E-state index in [-0.39, 0.29) is 49.8 Å². The molecule has 1 fully saturated rings. The molecule has 0 saturated carbocycles. The third-order valence-electron chi connectivity index (χ3n) is 2.88. The Morgan fingerprint density at radius 2 is 2.20 bits per heavy atom. The van der Waals surface area contributed by atoms with E-state index in [1.165, 1.54) is 10.4 Å². The van der Waals surface area contributed by atoms with Crippen molar-refractivity contribution < 1.29 is 17.5 Å². The lowest BCUT2D eigenvalue weighted by molar-refractivity contribution is 0.00445. The summed E-state index contributed by atoms with van der Waals surface area (Å²) in [5, 5.41) is 0.170. The van der Waals surface area contributed by atoms with Crippen LogP contribution < -0.4 is 5.73 Å². The first-order valence-electron chi connectivity index (χ1n) is 5.72. The van der Waals surface area contributed by atoms with Crippen molar-refractivity contribution in [3.05, 3.63) is 29.0 Å². The number of halogens is 3. The van der Waals surface area contributed by atoms with Crippen molar-refractivity contribution in [2.45, 2.75) is 11.0 Å². The molecule has 2 rings (SSSR count). The number of benzene rings is 1. The molecule has 114 valence electrons. The van der Waals surface area contributed by atoms with Crippen LogP contribution in [0.4, 0.5) is 4.39 Å². The normalized spacial score (nSPS) is 20.4. The van der Waals surface area contributed by atoms with Crippen molar-refractivity contribution >= 4 is 34.0 Å². The molecular weight excluding hydrogens is 330 g/mol. The van der Waals surface area contributed by atoms with Crippen LogP contribution in [0.2, 0.25) is 5.02 Å². The van der Waals surface area contributed by atoms with Crippen LogP contribution in [-0.2, 0) is 14.8 Å². The second-order valence-electron chi connectivity index (χ2n) is 4.17. The van der Waals surface area contributed by atoms with Crippen molar-refractivity contribution in [3.8, 4) is 0 Å². The Morgan fingerprint density at radius 3 is 2.85 bits per heavy atom. The van der Waals surface area contributed by atoms with E-state index in [2.05, 4.69) is 0 Å². The fourth-order valence-electron chi connectivity index (χ4n) is 1.87. The molecule has 1 heterocycles. The van der Waals surface area contributed by atoms with Crippen LogP contribution in [0.5, 0.6) is 0 Å². The minimum Gasteiger partial charge on any atom is -0.374 e. The molecule has 9 heteroatoms. The highest BCUT2D eigenvalue weighted by Gasteiger charge is 2.32. The zero-order valence-electron chi connectivity index (χ0n) is 10.5. The van der Waals surface area contributed by atoms with Crippen molar-refractivity contribution in [2.24, 2.45) is 5.73 Å². The molecule has 1 unspecified atom stereocenters. The van der Waals surface area contributed by atoms with Crippen molar-refractivity contribution in [1.29, 1.82) is 0 Å². The van der Waals surface area contributed by atoms with Gasteiger partial charge in [0.2, 0.25) is 10.0 Å². The lowest BCUT2D eigenvalue weighted by atomic mass is 10.3. The molecule has 1 aliphatic heterocycles. The highest BCUT2D eigenvalue weighted by Crippen LogP contribution is 2.24. The Hall–Kier alpha value is -0.440. The molecule has 1 aromatic carbocycles. The Labute approximate surface area is 128 Å². The molecule has 1 aliphatic rings. The third kappa shape index (κ3) is 3.60. The first-order valence-corrected chi connectivity index (χ1v) is 7.54. The van der Waals surface area contributed by atoms with E-state index in [4.69, 9.17) is 22.1 Å². The van der Waals surface area contributed by atoms with Crippen LogP contribution in [0, 0.1) is 5.82 Å². The topological polar surface area (TPSA) is 72.6 Å². The molecular formula is C11H15Cl2FN2O3S. The van der Waals surface area contributed by atoms with E-state index >= 15 is 0 Å². The van der Waals surface area contributed by atoms with Gasteiger partial charge in [0, 0.05) is 24.7 Å². The van der Waals surface area contributed by atoms with Gasteiger partial charge >= 0.3 is 0 Å². The summed E-state index contributed by atoms with van der Waals surface area (Å²) in [5.74, 6) is -0.819. The Morgan fingerprint density at radius 1 is 1.50 bits per heavy atom. The van der Waals surface area contributed by atoms with Crippen LogP contribution in [-0.4, -0.2) is 45.1 Å². The van der Waals surface area contributed by atoms with Gasteiger partial charge in [-0.05, 0) is 18.2 Å². The lowest BCUT2D eigenvalue weighted by Crippen LogP contribution is -2.48. The Kier molecular flexibility index (Phi) is 6.18. The van der Waals surface area contributed by atoms with Gasteiger partial charge < -0.3 is 10.5 Å². The summed E-state index contributed by atoms with van der Waals surface area (Å²) >= 11 is 5.72. The summed E-state index contributed by atoms with van der Waals surface area (Å²) in [5.41, 5.74) is 5.46. The molecule has 0 bridgehead atoms. The molecule has 0 radical (unpaired) electrons. The number of nitrogens with two attached hydrogens (primary N) is 1. The van der Waals surface area contributed by atoms with Crippen molar-refractivity contribution in [1.82, 2.24) is 4.31 Å². The molecule has 1 atom stereocenters. The highest BCUT2D eigenvalue weighted by molar-refractivity contribution is 7.89. The zero-order valence-corrected chi connectivity index (χ0v) is 12.8. The average molecular weight is 345 g/mol. The minimum absolute atomic E-state index is 0. The van der Waals surface area contributed by atoms with E-state index < -0.39 is 20.7 Å². The van der Waals surface area contributed by atoms with Crippen LogP contribution in [0.1, 0.15) is 0 Å². The van der Waals surface area contributed by atoms with Crippen LogP contribution in [0.15, 0.2) is 23.1 Å². The van der Waals surface area contributed by atoms with Gasteiger partial charge in [-0.2, -0.15) is 4.31 Å². The summed E-state index contributed by atoms with van der Waals surface area (Å²) in [6.45, 7) is 0.739. The second kappa shape index (κ2) is 7.02. The second-order valence-corrected chi connectivity index (χ2v) is 6.51. The Balaban J connectivity index is 0.00000200. The van der Waals surface area contributed by atoms with Gasteiger partial charge in [0.25, 0.3) is 0 Å². The number of rotatable bonds is 3. The maximum absolute atomic E-state index is 13.7. The minimum atomic E-state index is -3.92. The molecule has 5 nitrogen and oxygen atoms in total. The maximum atomic E-state index is 13.7. The fraction of sp³-hybridized carbons (Fsp3) is 0.455. The molecule has 0 aliphatic carbocycles. The Bertz CT molecular complexity index is 571. The smallest absolute Gasteiger partial charge is 0.246 e. The van der Waals surface area contributed by atoms with E-state index in [1.807, 2.05) is 0 Å². The summed E-state index contributed by atoms with van der Waals surface area (Å²) < 4.78 is 44.8. The molecule has 0 aromatic heterocycles. The third-order valence-corrected chi connectivity index (χ3v) is 4.99. The summed E-state index contributed by atoms with van der Waals surface area (Å²) in [7, 11) is -3.92. The fourth-order valence-corrected chi connectivity index (χ4v) is 3.65. The van der Waals surface area contributed by atoms with Crippen molar-refractivity contribution in [2.75, 3.05) is 26.2 Å². The van der Waals surface area contributed by atoms with E-state index in [9.17, 15) is 12.8 Å². The maximum Gasteiger partial charge on any atom is 0.246 e. The number of nitrogens with zero attached hydrogens (tertiary/aromatic N) is 1. The van der Waals surface area contributed by atoms with Gasteiger partial charge in [0.15, 0.2) is 0 Å². The van der Waals surface area contributed by atoms with E-state index in [0.29, 0.717) is 0 Å². The van der Waals surface area contributed by atoms with Crippen LogP contribution in [0.3, 0.4) is 0 Å². The number of morpholine rings is 1. The van der Waals surface area contributed by atoms with Crippen molar-refractivity contribution in [3.63, 3.8) is 0 Å². The zero-order chi connectivity index (χ0) is 14.0. The monoisotopic (exact) mass is 344 g/mol. The summed E-state index contributed by atoms with van der Waals surface area (Å²) in [6, 6.07) is 3.45. The van der Waals surface area contributed by atoms with E-state index in [1.54, 1.807) is 0 Å². The quantitative estimate of drug-likeness (QED) is 0.895. The molecule has 20 heavy (non-hydrogen) atoms. The molecule has 0 amide bonds. The predicted octanol–water partition coefficient (Wildman–Crippen LogP) is 1.25. The van der Waals surface area contributed by atoms with Gasteiger partial charge in [-0.3, -0.25) is 0 Å². The lowest BCUT2D eigenvalue weighted by Gasteiger charge is -2.31. The van der Waals surface area contributed by atoms with Gasteiger partial charge in [-0.1, -0.05) is 11.6 Å². The first-order chi connectivity index (χ1) is 8.95. The number of sulfonamides is 1. The molecule has 2 N–H and O–H groups in total. The summed E-state index contributed by atoms with van der Waals surface area (Å²) in [6.07, 6.45) is -0.370.